The Morgan fingerprint density at radius 1 is 1.17 bits per heavy atom. The van der Waals surface area contributed by atoms with E-state index in [1.807, 2.05) is 12.1 Å². The molecule has 2 aliphatic heterocycles. The Morgan fingerprint density at radius 3 is 2.54 bits per heavy atom. The van der Waals surface area contributed by atoms with Gasteiger partial charge in [-0.1, -0.05) is 5.16 Å². The smallest absolute Gasteiger partial charge is 0.418 e. The Balaban J connectivity index is 1.28. The van der Waals surface area contributed by atoms with Gasteiger partial charge in [-0.2, -0.15) is 13.5 Å². The molecule has 16 nitrogen and oxygen atoms in total. The third-order valence-electron chi connectivity index (χ3n) is 7.74. The van der Waals surface area contributed by atoms with Crippen molar-refractivity contribution < 1.29 is 46.3 Å². The summed E-state index contributed by atoms with van der Waals surface area (Å²) in [5, 5.41) is 16.3. The zero-order valence-electron chi connectivity index (χ0n) is 24.9. The normalized spacial score (nSPS) is 19.1. The molecule has 246 valence electrons. The Labute approximate surface area is 267 Å². The molecule has 2 saturated heterocycles. The predicted octanol–water partition coefficient (Wildman–Crippen LogP) is 2.45. The number of hydrogen-bond donors (Lipinski definition) is 3. The molecule has 4 N–H and O–H groups in total. The van der Waals surface area contributed by atoms with Crippen molar-refractivity contribution in [3.05, 3.63) is 41.4 Å². The second-order valence-corrected chi connectivity index (χ2v) is 13.2. The van der Waals surface area contributed by atoms with Crippen LogP contribution in [-0.2, 0) is 33.9 Å². The van der Waals surface area contributed by atoms with E-state index in [1.165, 1.54) is 25.6 Å². The lowest BCUT2D eigenvalue weighted by atomic mass is 9.74. The number of carbonyl (C=O) groups excluding carboxylic acids is 2. The molecule has 0 saturated carbocycles. The molecule has 5 rings (SSSR count). The minimum Gasteiger partial charge on any atom is -0.489 e. The summed E-state index contributed by atoms with van der Waals surface area (Å²) in [5.74, 6) is -2.86. The van der Waals surface area contributed by atoms with E-state index in [2.05, 4.69) is 19.3 Å². The molecule has 0 bridgehead atoms. The summed E-state index contributed by atoms with van der Waals surface area (Å²) in [7, 11) is -4.98. The topological polar surface area (TPSA) is 224 Å². The largest absolute Gasteiger partial charge is 0.489 e. The standard InChI is InChI=1S/C28H32N6O10S2/c1-28(2)18(25(36)34(28)44-46(39,40)41)13-21(35)24(20-15-45-27(29)31-20)32-43-22(26(37)38)14-42-17-7-8-19-16(12-17)6-9-23(30-19)33-10-4-3-5-11-33/h6-9,12,15,18,22H,3-5,10-11,13-14H2,1-2H3,(H2,29,31)(H,37,38)(H,39,40,41)/b32-24-/t18?,22-/m0/s1. The maximum atomic E-state index is 13.3. The van der Waals surface area contributed by atoms with E-state index >= 15 is 0 Å². The molecule has 0 aliphatic carbocycles. The number of carboxylic acid groups (broad SMARTS) is 1. The van der Waals surface area contributed by atoms with Gasteiger partial charge in [-0.15, -0.1) is 15.6 Å². The highest BCUT2D eigenvalue weighted by Crippen LogP contribution is 2.40. The van der Waals surface area contributed by atoms with Gasteiger partial charge < -0.3 is 25.3 Å². The summed E-state index contributed by atoms with van der Waals surface area (Å²) < 4.78 is 41.2. The van der Waals surface area contributed by atoms with Gasteiger partial charge in [0.2, 0.25) is 0 Å². The molecule has 4 heterocycles. The third kappa shape index (κ3) is 7.35. The molecule has 1 amide bonds. The number of hydroxylamine groups is 2. The van der Waals surface area contributed by atoms with Crippen LogP contribution < -0.4 is 15.4 Å². The Hall–Kier alpha value is -4.39. The predicted molar refractivity (Wildman–Crippen MR) is 166 cm³/mol. The van der Waals surface area contributed by atoms with Crippen LogP contribution in [0.2, 0.25) is 0 Å². The molecular weight excluding hydrogens is 644 g/mol. The molecule has 46 heavy (non-hydrogen) atoms. The fourth-order valence-corrected chi connectivity index (χ4v) is 6.20. The van der Waals surface area contributed by atoms with Crippen LogP contribution in [0.15, 0.2) is 40.9 Å². The number of piperidine rings is 1. The van der Waals surface area contributed by atoms with Crippen molar-refractivity contribution in [2.75, 3.05) is 30.3 Å². The van der Waals surface area contributed by atoms with Crippen molar-refractivity contribution in [2.45, 2.75) is 51.2 Å². The van der Waals surface area contributed by atoms with Gasteiger partial charge in [0, 0.05) is 30.3 Å². The lowest BCUT2D eigenvalue weighted by molar-refractivity contribution is -0.228. The number of Topliss-reactive ketones (excluding diaryl/α,β-unsaturated/α-hetero) is 1. The monoisotopic (exact) mass is 676 g/mol. The average molecular weight is 677 g/mol. The number of aromatic nitrogens is 2. The van der Waals surface area contributed by atoms with Crippen LogP contribution in [0, 0.1) is 5.92 Å². The highest BCUT2D eigenvalue weighted by Gasteiger charge is 2.57. The number of ether oxygens (including phenoxy) is 1. The first-order chi connectivity index (χ1) is 21.7. The SMILES string of the molecule is CC1(C)C(CC(=O)/C(=N\O[C@@H](COc2ccc3nc(N4CCCCC4)ccc3c2)C(=O)O)c2csc(N)n2)C(=O)N1OS(=O)(=O)O. The second-order valence-electron chi connectivity index (χ2n) is 11.3. The third-order valence-corrected chi connectivity index (χ3v) is 8.75. The van der Waals surface area contributed by atoms with Crippen molar-refractivity contribution in [1.82, 2.24) is 15.0 Å². The number of thiazole rings is 1. The summed E-state index contributed by atoms with van der Waals surface area (Å²) in [6.45, 7) is 4.31. The minimum atomic E-state index is -4.98. The number of β-lactam (4-membered cyclic amide) rings is 1. The maximum absolute atomic E-state index is 13.3. The maximum Gasteiger partial charge on any atom is 0.418 e. The van der Waals surface area contributed by atoms with E-state index in [1.54, 1.807) is 18.2 Å². The number of oxime groups is 1. The lowest BCUT2D eigenvalue weighted by Gasteiger charge is -2.50. The van der Waals surface area contributed by atoms with Gasteiger partial charge in [-0.25, -0.2) is 14.8 Å². The van der Waals surface area contributed by atoms with Crippen LogP contribution in [0.4, 0.5) is 10.9 Å². The number of benzene rings is 1. The summed E-state index contributed by atoms with van der Waals surface area (Å²) in [6, 6.07) is 9.03. The van der Waals surface area contributed by atoms with Crippen molar-refractivity contribution >= 4 is 67.0 Å². The number of ketones is 1. The number of rotatable bonds is 13. The first kappa shape index (κ1) is 33.0. The molecule has 1 unspecified atom stereocenters. The number of amides is 1. The van der Waals surface area contributed by atoms with Crippen molar-refractivity contribution in [3.63, 3.8) is 0 Å². The van der Waals surface area contributed by atoms with Gasteiger partial charge in [0.05, 0.1) is 17.0 Å². The van der Waals surface area contributed by atoms with Crippen molar-refractivity contribution in [3.8, 4) is 5.75 Å². The van der Waals surface area contributed by atoms with Gasteiger partial charge in [0.15, 0.2) is 16.6 Å². The number of pyridine rings is 1. The number of nitrogen functional groups attached to an aromatic ring is 1. The van der Waals surface area contributed by atoms with E-state index in [-0.39, 0.29) is 10.8 Å². The van der Waals surface area contributed by atoms with Gasteiger partial charge in [0.1, 0.15) is 23.9 Å². The van der Waals surface area contributed by atoms with Crippen molar-refractivity contribution in [1.29, 1.82) is 0 Å². The number of carboxylic acids is 1. The van der Waals surface area contributed by atoms with E-state index < -0.39 is 64.4 Å². The molecular formula is C28H32N6O10S2. The van der Waals surface area contributed by atoms with Crippen LogP contribution in [0.5, 0.6) is 5.75 Å². The van der Waals surface area contributed by atoms with Gasteiger partial charge >= 0.3 is 16.4 Å². The van der Waals surface area contributed by atoms with E-state index in [9.17, 15) is 27.9 Å². The number of nitrogens with zero attached hydrogens (tertiary/aromatic N) is 5. The van der Waals surface area contributed by atoms with Crippen LogP contribution in [0.25, 0.3) is 10.9 Å². The molecule has 2 atom stereocenters. The zero-order chi connectivity index (χ0) is 33.2. The van der Waals surface area contributed by atoms with Gasteiger partial charge in [0.25, 0.3) is 12.0 Å². The summed E-state index contributed by atoms with van der Waals surface area (Å²) in [4.78, 5) is 54.2. The van der Waals surface area contributed by atoms with E-state index in [4.69, 9.17) is 24.8 Å². The Bertz CT molecular complexity index is 1790. The number of nitrogens with two attached hydrogens (primary N) is 1. The highest BCUT2D eigenvalue weighted by atomic mass is 32.3. The van der Waals surface area contributed by atoms with Gasteiger partial charge in [-0.3, -0.25) is 14.1 Å². The highest BCUT2D eigenvalue weighted by molar-refractivity contribution is 7.80. The quantitative estimate of drug-likeness (QED) is 0.102. The molecule has 0 radical (unpaired) electrons. The lowest BCUT2D eigenvalue weighted by Crippen LogP contribution is -2.68. The first-order valence-electron chi connectivity index (χ1n) is 14.2. The Morgan fingerprint density at radius 2 is 1.91 bits per heavy atom. The fourth-order valence-electron chi connectivity index (χ4n) is 5.20. The van der Waals surface area contributed by atoms with Crippen LogP contribution in [0.3, 0.4) is 0 Å². The van der Waals surface area contributed by atoms with Crippen molar-refractivity contribution in [2.24, 2.45) is 11.1 Å². The first-order valence-corrected chi connectivity index (χ1v) is 16.5. The molecule has 2 fully saturated rings. The second kappa shape index (κ2) is 13.1. The van der Waals surface area contributed by atoms with Crippen LogP contribution >= 0.6 is 11.3 Å². The van der Waals surface area contributed by atoms with E-state index in [0.29, 0.717) is 10.8 Å². The fraction of sp³-hybridized carbons (Fsp3) is 0.429. The number of aliphatic carboxylic acids is 1. The van der Waals surface area contributed by atoms with E-state index in [0.717, 1.165) is 54.0 Å². The average Bonchev–Trinajstić information content (AvgIpc) is 3.45. The molecule has 18 heteroatoms. The molecule has 2 aliphatic rings. The number of hydrogen-bond acceptors (Lipinski definition) is 14. The number of anilines is 2. The molecule has 0 spiro atoms. The molecule has 1 aromatic carbocycles. The minimum absolute atomic E-state index is 0.0147. The molecule has 3 aromatic rings. The molecule has 2 aromatic heterocycles. The van der Waals surface area contributed by atoms with Gasteiger partial charge in [-0.05, 0) is 63.4 Å². The number of fused-ring (bicyclic) bond motifs is 1. The summed E-state index contributed by atoms with van der Waals surface area (Å²) in [5.41, 5.74) is 4.76. The number of carbonyl (C=O) groups is 3. The van der Waals surface area contributed by atoms with Crippen LogP contribution in [0.1, 0.15) is 45.2 Å². The summed E-state index contributed by atoms with van der Waals surface area (Å²) >= 11 is 0.993. The Kier molecular flexibility index (Phi) is 9.43. The van der Waals surface area contributed by atoms with Crippen LogP contribution in [-0.4, -0.2) is 87.8 Å². The zero-order valence-corrected chi connectivity index (χ0v) is 26.5. The summed E-state index contributed by atoms with van der Waals surface area (Å²) in [6.07, 6.45) is 1.33.